The maximum atomic E-state index is 12.7. The Morgan fingerprint density at radius 3 is 1.00 bits per heavy atom. The SMILES string of the molecule is CC/C=C\C/C=C\C/C=C\C/C=C\C/C=C\C/C=C\C/C=C\CCCCCCCCCCCCCC(=O)OCC(COC(=O)CCCCCCC)OC(=O)CCCCCCC/C=C\CCC. The summed E-state index contributed by atoms with van der Waals surface area (Å²) in [6.07, 6.45) is 71.7. The molecule has 1 unspecified atom stereocenters. The molecule has 0 aliphatic heterocycles. The van der Waals surface area contributed by atoms with Gasteiger partial charge in [-0.1, -0.05) is 227 Å². The molecule has 6 heteroatoms. The predicted molar refractivity (Wildman–Crippen MR) is 284 cm³/mol. The number of hydrogen-bond acceptors (Lipinski definition) is 6. The smallest absolute Gasteiger partial charge is 0.306 e. The first-order valence-corrected chi connectivity index (χ1v) is 27.2. The second-order valence-corrected chi connectivity index (χ2v) is 17.8. The monoisotopic (exact) mass is 917 g/mol. The van der Waals surface area contributed by atoms with Gasteiger partial charge in [0.15, 0.2) is 6.10 Å². The van der Waals surface area contributed by atoms with Crippen molar-refractivity contribution in [1.82, 2.24) is 0 Å². The van der Waals surface area contributed by atoms with Crippen molar-refractivity contribution < 1.29 is 28.6 Å². The van der Waals surface area contributed by atoms with Crippen molar-refractivity contribution >= 4 is 17.9 Å². The van der Waals surface area contributed by atoms with E-state index in [1.54, 1.807) is 0 Å². The van der Waals surface area contributed by atoms with Gasteiger partial charge >= 0.3 is 17.9 Å². The fourth-order valence-corrected chi connectivity index (χ4v) is 7.25. The fourth-order valence-electron chi connectivity index (χ4n) is 7.25. The van der Waals surface area contributed by atoms with E-state index in [0.717, 1.165) is 128 Å². The van der Waals surface area contributed by atoms with Gasteiger partial charge in [-0.15, -0.1) is 0 Å². The second-order valence-electron chi connectivity index (χ2n) is 17.8. The average molecular weight is 917 g/mol. The van der Waals surface area contributed by atoms with Gasteiger partial charge in [0, 0.05) is 19.3 Å². The normalized spacial score (nSPS) is 12.8. The average Bonchev–Trinajstić information content (AvgIpc) is 3.31. The molecule has 0 aliphatic carbocycles. The van der Waals surface area contributed by atoms with E-state index < -0.39 is 6.10 Å². The van der Waals surface area contributed by atoms with Gasteiger partial charge in [0.25, 0.3) is 0 Å². The van der Waals surface area contributed by atoms with Crippen molar-refractivity contribution in [2.24, 2.45) is 0 Å². The highest BCUT2D eigenvalue weighted by atomic mass is 16.6. The van der Waals surface area contributed by atoms with Crippen LogP contribution in [-0.4, -0.2) is 37.2 Å². The zero-order valence-corrected chi connectivity index (χ0v) is 42.9. The van der Waals surface area contributed by atoms with Crippen LogP contribution in [0.5, 0.6) is 0 Å². The van der Waals surface area contributed by atoms with Crippen LogP contribution in [0.3, 0.4) is 0 Å². The van der Waals surface area contributed by atoms with Gasteiger partial charge in [0.1, 0.15) is 13.2 Å². The summed E-state index contributed by atoms with van der Waals surface area (Å²) in [7, 11) is 0. The molecule has 1 atom stereocenters. The van der Waals surface area contributed by atoms with Gasteiger partial charge in [-0.2, -0.15) is 0 Å². The highest BCUT2D eigenvalue weighted by Crippen LogP contribution is 2.15. The van der Waals surface area contributed by atoms with E-state index in [2.05, 4.69) is 118 Å². The van der Waals surface area contributed by atoms with Gasteiger partial charge in [-0.3, -0.25) is 14.4 Å². The minimum absolute atomic E-state index is 0.0813. The molecule has 0 heterocycles. The highest BCUT2D eigenvalue weighted by Gasteiger charge is 2.19. The van der Waals surface area contributed by atoms with Crippen LogP contribution in [-0.2, 0) is 28.6 Å². The van der Waals surface area contributed by atoms with E-state index in [1.807, 2.05) is 0 Å². The lowest BCUT2D eigenvalue weighted by atomic mass is 10.0. The molecule has 0 aromatic heterocycles. The van der Waals surface area contributed by atoms with Crippen LogP contribution in [0.1, 0.15) is 245 Å². The maximum Gasteiger partial charge on any atom is 0.306 e. The number of carbonyl (C=O) groups is 3. The molecule has 0 fully saturated rings. The summed E-state index contributed by atoms with van der Waals surface area (Å²) in [6, 6.07) is 0. The van der Waals surface area contributed by atoms with E-state index in [0.29, 0.717) is 19.3 Å². The fraction of sp³-hybridized carbons (Fsp3) is 0.683. The van der Waals surface area contributed by atoms with E-state index in [9.17, 15) is 14.4 Å². The lowest BCUT2D eigenvalue weighted by Crippen LogP contribution is -2.30. The van der Waals surface area contributed by atoms with Crippen LogP contribution in [0.2, 0.25) is 0 Å². The molecular formula is C60H100O6. The Labute approximate surface area is 407 Å². The van der Waals surface area contributed by atoms with Gasteiger partial charge in [-0.05, 0) is 96.3 Å². The molecule has 6 nitrogen and oxygen atoms in total. The number of ether oxygens (including phenoxy) is 3. The number of unbranched alkanes of at least 4 members (excludes halogenated alkanes) is 21. The number of allylic oxidation sites excluding steroid dienone is 16. The van der Waals surface area contributed by atoms with E-state index in [-0.39, 0.29) is 31.1 Å². The third-order valence-corrected chi connectivity index (χ3v) is 11.3. The molecule has 0 aliphatic rings. The zero-order chi connectivity index (χ0) is 47.9. The molecule has 0 saturated carbocycles. The summed E-state index contributed by atoms with van der Waals surface area (Å²) in [5, 5.41) is 0. The molecule has 0 bridgehead atoms. The van der Waals surface area contributed by atoms with Gasteiger partial charge in [-0.25, -0.2) is 0 Å². The Bertz CT molecular complexity index is 1330. The van der Waals surface area contributed by atoms with Gasteiger partial charge in [0.05, 0.1) is 0 Å². The topological polar surface area (TPSA) is 78.9 Å². The minimum Gasteiger partial charge on any atom is -0.462 e. The Morgan fingerprint density at radius 2 is 0.621 bits per heavy atom. The van der Waals surface area contributed by atoms with E-state index in [4.69, 9.17) is 14.2 Å². The molecular weight excluding hydrogens is 817 g/mol. The molecule has 66 heavy (non-hydrogen) atoms. The van der Waals surface area contributed by atoms with Crippen molar-refractivity contribution in [2.45, 2.75) is 252 Å². The first-order valence-electron chi connectivity index (χ1n) is 27.2. The Kier molecular flexibility index (Phi) is 50.9. The first-order chi connectivity index (χ1) is 32.5. The van der Waals surface area contributed by atoms with Crippen molar-refractivity contribution in [2.75, 3.05) is 13.2 Å². The summed E-state index contributed by atoms with van der Waals surface area (Å²) in [5.41, 5.74) is 0. The van der Waals surface area contributed by atoms with Crippen LogP contribution < -0.4 is 0 Å². The van der Waals surface area contributed by atoms with Crippen molar-refractivity contribution in [3.05, 3.63) is 97.2 Å². The van der Waals surface area contributed by atoms with Crippen molar-refractivity contribution in [3.63, 3.8) is 0 Å². The summed E-state index contributed by atoms with van der Waals surface area (Å²) in [4.78, 5) is 37.6. The van der Waals surface area contributed by atoms with E-state index >= 15 is 0 Å². The van der Waals surface area contributed by atoms with Gasteiger partial charge in [0.2, 0.25) is 0 Å². The third kappa shape index (κ3) is 51.3. The summed E-state index contributed by atoms with van der Waals surface area (Å²) in [6.45, 7) is 6.36. The predicted octanol–water partition coefficient (Wildman–Crippen LogP) is 18.1. The highest BCUT2D eigenvalue weighted by molar-refractivity contribution is 5.71. The minimum atomic E-state index is -0.776. The molecule has 0 amide bonds. The number of hydrogen-bond donors (Lipinski definition) is 0. The zero-order valence-electron chi connectivity index (χ0n) is 42.9. The quantitative estimate of drug-likeness (QED) is 0.0262. The third-order valence-electron chi connectivity index (χ3n) is 11.3. The first kappa shape index (κ1) is 62.3. The number of esters is 3. The molecule has 0 aromatic carbocycles. The molecule has 0 rings (SSSR count). The Morgan fingerprint density at radius 1 is 0.318 bits per heavy atom. The van der Waals surface area contributed by atoms with Crippen LogP contribution in [0.25, 0.3) is 0 Å². The van der Waals surface area contributed by atoms with Crippen molar-refractivity contribution in [3.8, 4) is 0 Å². The standard InChI is InChI=1S/C60H100O6/c1-4-7-10-13-15-17-19-20-21-22-23-24-25-26-27-28-29-30-31-32-33-34-35-36-37-38-39-40-41-43-44-47-50-53-59(62)65-56-57(55-64-58(61)52-49-46-12-9-6-3)66-60(63)54-51-48-45-42-18-16-14-11-8-5-2/h7,10-11,14-15,17,20-21,23-24,26-27,29-30,32-33,57H,4-6,8-9,12-13,16,18-19,22,25,28,31,34-56H2,1-3H3/b10-7-,14-11-,17-15-,21-20-,24-23-,27-26-,30-29-,33-32-. The molecule has 0 N–H and O–H groups in total. The largest absolute Gasteiger partial charge is 0.462 e. The summed E-state index contributed by atoms with van der Waals surface area (Å²) >= 11 is 0. The molecule has 0 aromatic rings. The Hall–Kier alpha value is -3.67. The van der Waals surface area contributed by atoms with E-state index in [1.165, 1.54) is 77.0 Å². The second kappa shape index (κ2) is 53.9. The Balaban J connectivity index is 3.97. The van der Waals surface area contributed by atoms with Crippen LogP contribution in [0.15, 0.2) is 97.2 Å². The molecule has 376 valence electrons. The molecule has 0 spiro atoms. The number of rotatable bonds is 48. The lowest BCUT2D eigenvalue weighted by molar-refractivity contribution is -0.167. The summed E-state index contributed by atoms with van der Waals surface area (Å²) < 4.78 is 16.6. The van der Waals surface area contributed by atoms with Crippen LogP contribution >= 0.6 is 0 Å². The molecule has 0 radical (unpaired) electrons. The maximum absolute atomic E-state index is 12.7. The van der Waals surface area contributed by atoms with Crippen LogP contribution in [0, 0.1) is 0 Å². The van der Waals surface area contributed by atoms with Crippen molar-refractivity contribution in [1.29, 1.82) is 0 Å². The summed E-state index contributed by atoms with van der Waals surface area (Å²) in [5.74, 6) is -0.912. The number of carbonyl (C=O) groups excluding carboxylic acids is 3. The van der Waals surface area contributed by atoms with Gasteiger partial charge < -0.3 is 14.2 Å². The molecule has 0 saturated heterocycles. The lowest BCUT2D eigenvalue weighted by Gasteiger charge is -2.18. The van der Waals surface area contributed by atoms with Crippen LogP contribution in [0.4, 0.5) is 0 Å².